The first kappa shape index (κ1) is 20.5. The van der Waals surface area contributed by atoms with E-state index in [4.69, 9.17) is 17.0 Å². The summed E-state index contributed by atoms with van der Waals surface area (Å²) in [6.45, 7) is 12.3. The third-order valence-corrected chi connectivity index (χ3v) is 4.32. The van der Waals surface area contributed by atoms with E-state index in [2.05, 4.69) is 20.4 Å². The number of nitrogens with one attached hydrogen (secondary N) is 2. The summed E-state index contributed by atoms with van der Waals surface area (Å²) in [6.07, 6.45) is 0. The molecule has 1 aromatic carbocycles. The third kappa shape index (κ3) is 6.80. The van der Waals surface area contributed by atoms with Gasteiger partial charge in [0.05, 0.1) is 13.2 Å². The number of ether oxygens (including phenoxy) is 1. The summed E-state index contributed by atoms with van der Waals surface area (Å²) in [6, 6.07) is 7.79. The van der Waals surface area contributed by atoms with Crippen LogP contribution in [0.2, 0.25) is 0 Å². The quantitative estimate of drug-likeness (QED) is 0.767. The molecule has 0 aliphatic carbocycles. The van der Waals surface area contributed by atoms with Gasteiger partial charge in [-0.25, -0.2) is 0 Å². The Labute approximate surface area is 161 Å². The van der Waals surface area contributed by atoms with E-state index in [1.54, 1.807) is 0 Å². The van der Waals surface area contributed by atoms with Crippen LogP contribution in [0.1, 0.15) is 27.7 Å². The van der Waals surface area contributed by atoms with E-state index in [-0.39, 0.29) is 11.4 Å². The molecular formula is C19H30N4O2S. The highest BCUT2D eigenvalue weighted by atomic mass is 32.1. The maximum absolute atomic E-state index is 12.0. The predicted molar refractivity (Wildman–Crippen MR) is 110 cm³/mol. The molecule has 1 saturated heterocycles. The highest BCUT2D eigenvalue weighted by molar-refractivity contribution is 7.80. The van der Waals surface area contributed by atoms with Crippen LogP contribution in [0.25, 0.3) is 0 Å². The highest BCUT2D eigenvalue weighted by Crippen LogP contribution is 2.16. The van der Waals surface area contributed by atoms with Gasteiger partial charge in [0.2, 0.25) is 5.91 Å². The summed E-state index contributed by atoms with van der Waals surface area (Å²) >= 11 is 5.52. The minimum Gasteiger partial charge on any atom is -0.494 e. The molecule has 0 atom stereocenters. The number of rotatable bonds is 5. The second-order valence-electron chi connectivity index (χ2n) is 7.45. The van der Waals surface area contributed by atoms with E-state index < -0.39 is 0 Å². The third-order valence-electron chi connectivity index (χ3n) is 3.96. The first-order valence-electron chi connectivity index (χ1n) is 9.09. The van der Waals surface area contributed by atoms with Crippen molar-refractivity contribution in [3.63, 3.8) is 0 Å². The van der Waals surface area contributed by atoms with Crippen molar-refractivity contribution in [3.05, 3.63) is 24.3 Å². The Balaban J connectivity index is 1.76. The molecule has 0 unspecified atom stereocenters. The number of piperazine rings is 1. The van der Waals surface area contributed by atoms with Crippen LogP contribution in [0.4, 0.5) is 5.69 Å². The molecule has 1 aliphatic rings. The van der Waals surface area contributed by atoms with E-state index in [0.717, 1.165) is 37.6 Å². The minimum atomic E-state index is -0.192. The highest BCUT2D eigenvalue weighted by Gasteiger charge is 2.22. The molecule has 0 radical (unpaired) electrons. The van der Waals surface area contributed by atoms with Crippen LogP contribution in [0.15, 0.2) is 24.3 Å². The molecule has 0 spiro atoms. The van der Waals surface area contributed by atoms with E-state index in [9.17, 15) is 4.79 Å². The van der Waals surface area contributed by atoms with Crippen LogP contribution in [-0.4, -0.2) is 65.7 Å². The summed E-state index contributed by atoms with van der Waals surface area (Å²) in [5.74, 6) is 0.923. The van der Waals surface area contributed by atoms with Gasteiger partial charge in [-0.3, -0.25) is 9.69 Å². The molecule has 26 heavy (non-hydrogen) atoms. The van der Waals surface area contributed by atoms with Crippen LogP contribution in [0.3, 0.4) is 0 Å². The van der Waals surface area contributed by atoms with Gasteiger partial charge in [0.25, 0.3) is 0 Å². The van der Waals surface area contributed by atoms with Crippen molar-refractivity contribution in [3.8, 4) is 5.75 Å². The number of hydrogen-bond donors (Lipinski definition) is 2. The van der Waals surface area contributed by atoms with Gasteiger partial charge in [-0.1, -0.05) is 0 Å². The number of nitrogens with zero attached hydrogens (tertiary/aromatic N) is 2. The monoisotopic (exact) mass is 378 g/mol. The van der Waals surface area contributed by atoms with E-state index >= 15 is 0 Å². The predicted octanol–water partition coefficient (Wildman–Crippen LogP) is 2.31. The second-order valence-corrected chi connectivity index (χ2v) is 7.84. The molecular weight excluding hydrogens is 348 g/mol. The van der Waals surface area contributed by atoms with Gasteiger partial charge in [-0.05, 0) is 64.2 Å². The first-order chi connectivity index (χ1) is 12.3. The largest absolute Gasteiger partial charge is 0.494 e. The van der Waals surface area contributed by atoms with Crippen LogP contribution in [-0.2, 0) is 4.79 Å². The van der Waals surface area contributed by atoms with Crippen molar-refractivity contribution in [2.24, 2.45) is 0 Å². The minimum absolute atomic E-state index is 0.0704. The Morgan fingerprint density at radius 1 is 1.15 bits per heavy atom. The molecule has 0 aromatic heterocycles. The van der Waals surface area contributed by atoms with Gasteiger partial charge in [-0.15, -0.1) is 0 Å². The Kier molecular flexibility index (Phi) is 7.23. The summed E-state index contributed by atoms with van der Waals surface area (Å²) in [7, 11) is 0. The lowest BCUT2D eigenvalue weighted by atomic mass is 10.1. The molecule has 0 saturated carbocycles. The van der Waals surface area contributed by atoms with Crippen LogP contribution >= 0.6 is 12.2 Å². The number of hydrogen-bond acceptors (Lipinski definition) is 4. The van der Waals surface area contributed by atoms with Crippen LogP contribution in [0, 0.1) is 0 Å². The summed E-state index contributed by atoms with van der Waals surface area (Å²) in [5.41, 5.74) is 0.757. The lowest BCUT2D eigenvalue weighted by Crippen LogP contribution is -2.53. The smallest absolute Gasteiger partial charge is 0.234 e. The molecule has 1 aliphatic heterocycles. The number of thiocarbonyl (C=S) groups is 1. The fourth-order valence-electron chi connectivity index (χ4n) is 2.77. The lowest BCUT2D eigenvalue weighted by Gasteiger charge is -2.36. The molecule has 7 heteroatoms. The van der Waals surface area contributed by atoms with Crippen molar-refractivity contribution < 1.29 is 9.53 Å². The zero-order valence-electron chi connectivity index (χ0n) is 16.2. The SMILES string of the molecule is CCOc1ccc(NC(=S)N2CCN(CC(=O)NC(C)(C)C)CC2)cc1. The Bertz CT molecular complexity index is 605. The fourth-order valence-corrected chi connectivity index (χ4v) is 3.07. The number of carbonyl (C=O) groups is 1. The summed E-state index contributed by atoms with van der Waals surface area (Å²) in [5, 5.41) is 6.99. The van der Waals surface area contributed by atoms with Gasteiger partial charge in [-0.2, -0.15) is 0 Å². The number of anilines is 1. The van der Waals surface area contributed by atoms with Crippen molar-refractivity contribution >= 4 is 28.9 Å². The number of amides is 1. The van der Waals surface area contributed by atoms with Crippen LogP contribution < -0.4 is 15.4 Å². The molecule has 6 nitrogen and oxygen atoms in total. The number of benzene rings is 1. The van der Waals surface area contributed by atoms with E-state index in [1.165, 1.54) is 0 Å². The standard InChI is InChI=1S/C19H30N4O2S/c1-5-25-16-8-6-15(7-9-16)20-18(26)23-12-10-22(11-13-23)14-17(24)21-19(2,3)4/h6-9H,5,10-14H2,1-4H3,(H,20,26)(H,21,24). The number of carbonyl (C=O) groups excluding carboxylic acids is 1. The molecule has 1 amide bonds. The molecule has 2 rings (SSSR count). The van der Waals surface area contributed by atoms with Crippen LogP contribution in [0.5, 0.6) is 5.75 Å². The molecule has 1 aromatic rings. The van der Waals surface area contributed by atoms with Gasteiger partial charge >= 0.3 is 0 Å². The van der Waals surface area contributed by atoms with Gasteiger partial charge < -0.3 is 20.3 Å². The lowest BCUT2D eigenvalue weighted by molar-refractivity contribution is -0.123. The van der Waals surface area contributed by atoms with Crippen molar-refractivity contribution in [2.45, 2.75) is 33.2 Å². The van der Waals surface area contributed by atoms with Crippen molar-refractivity contribution in [2.75, 3.05) is 44.6 Å². The van der Waals surface area contributed by atoms with Gasteiger partial charge in [0.15, 0.2) is 5.11 Å². The van der Waals surface area contributed by atoms with Gasteiger partial charge in [0, 0.05) is 37.4 Å². The Morgan fingerprint density at radius 2 is 1.77 bits per heavy atom. The second kappa shape index (κ2) is 9.19. The Hall–Kier alpha value is -1.86. The average Bonchev–Trinajstić information content (AvgIpc) is 2.55. The first-order valence-corrected chi connectivity index (χ1v) is 9.50. The van der Waals surface area contributed by atoms with E-state index in [1.807, 2.05) is 52.0 Å². The molecule has 144 valence electrons. The maximum atomic E-state index is 12.0. The average molecular weight is 379 g/mol. The fraction of sp³-hybridized carbons (Fsp3) is 0.579. The van der Waals surface area contributed by atoms with Crippen molar-refractivity contribution in [1.29, 1.82) is 0 Å². The summed E-state index contributed by atoms with van der Waals surface area (Å²) in [4.78, 5) is 16.3. The zero-order chi connectivity index (χ0) is 19.2. The topological polar surface area (TPSA) is 56.8 Å². The molecule has 1 fully saturated rings. The zero-order valence-corrected chi connectivity index (χ0v) is 17.0. The molecule has 0 bridgehead atoms. The maximum Gasteiger partial charge on any atom is 0.234 e. The molecule has 2 N–H and O–H groups in total. The van der Waals surface area contributed by atoms with Crippen molar-refractivity contribution in [1.82, 2.24) is 15.1 Å². The Morgan fingerprint density at radius 3 is 2.31 bits per heavy atom. The normalized spacial score (nSPS) is 15.5. The van der Waals surface area contributed by atoms with Gasteiger partial charge in [0.1, 0.15) is 5.75 Å². The summed E-state index contributed by atoms with van der Waals surface area (Å²) < 4.78 is 5.45. The van der Waals surface area contributed by atoms with E-state index in [0.29, 0.717) is 18.3 Å². The molecule has 1 heterocycles.